The molecule has 0 spiro atoms. The highest BCUT2D eigenvalue weighted by Gasteiger charge is 2.16. The number of aromatic amines is 2. The molecule has 1 aromatic carbocycles. The lowest BCUT2D eigenvalue weighted by Gasteiger charge is -2.05. The maximum Gasteiger partial charge on any atom is 0.323 e. The van der Waals surface area contributed by atoms with Gasteiger partial charge in [0, 0.05) is 29.3 Å². The Morgan fingerprint density at radius 2 is 2.19 bits per heavy atom. The quantitative estimate of drug-likeness (QED) is 0.714. The minimum absolute atomic E-state index is 0.202. The van der Waals surface area contributed by atoms with Gasteiger partial charge in [-0.25, -0.2) is 9.78 Å². The first-order valence-corrected chi connectivity index (χ1v) is 6.63. The monoisotopic (exact) mass is 282 g/mol. The molecule has 3 rings (SSSR count). The number of nitrogens with zero attached hydrogens (tertiary/aromatic N) is 2. The number of H-pyrrole nitrogens is 2. The van der Waals surface area contributed by atoms with Crippen LogP contribution in [-0.2, 0) is 6.42 Å². The molecule has 0 aliphatic heterocycles. The van der Waals surface area contributed by atoms with Crippen molar-refractivity contribution in [3.8, 4) is 5.69 Å². The molecule has 0 aliphatic carbocycles. The second kappa shape index (κ2) is 5.24. The summed E-state index contributed by atoms with van der Waals surface area (Å²) >= 11 is 0. The van der Waals surface area contributed by atoms with Gasteiger partial charge < -0.3 is 14.5 Å². The molecule has 0 fully saturated rings. The predicted octanol–water partition coefficient (Wildman–Crippen LogP) is 1.68. The van der Waals surface area contributed by atoms with Crippen molar-refractivity contribution in [3.05, 3.63) is 70.4 Å². The first kappa shape index (κ1) is 13.1. The van der Waals surface area contributed by atoms with Crippen LogP contribution in [-0.4, -0.2) is 25.3 Å². The summed E-state index contributed by atoms with van der Waals surface area (Å²) in [5, 5.41) is 0. The number of nitrogens with one attached hydrogen (secondary N) is 2. The Morgan fingerprint density at radius 3 is 2.90 bits per heavy atom. The standard InChI is InChI=1S/C15H14N4O2/c1-2-12-13(18-15(21)17-12)14(20)10-4-3-5-11(8-10)19-7-6-16-9-19/h3-9H,2H2,1H3,(H2,17,18,21). The zero-order valence-electron chi connectivity index (χ0n) is 11.5. The van der Waals surface area contributed by atoms with Crippen molar-refractivity contribution in [2.75, 3.05) is 0 Å². The van der Waals surface area contributed by atoms with E-state index in [-0.39, 0.29) is 11.5 Å². The first-order chi connectivity index (χ1) is 10.2. The Hall–Kier alpha value is -2.89. The van der Waals surface area contributed by atoms with Crippen molar-refractivity contribution in [3.63, 3.8) is 0 Å². The van der Waals surface area contributed by atoms with Gasteiger partial charge in [-0.15, -0.1) is 0 Å². The van der Waals surface area contributed by atoms with Gasteiger partial charge in [0.2, 0.25) is 5.78 Å². The number of aromatic nitrogens is 4. The van der Waals surface area contributed by atoms with E-state index in [9.17, 15) is 9.59 Å². The van der Waals surface area contributed by atoms with Crippen molar-refractivity contribution < 1.29 is 4.79 Å². The van der Waals surface area contributed by atoms with Gasteiger partial charge in [0.1, 0.15) is 5.69 Å². The number of hydrogen-bond acceptors (Lipinski definition) is 3. The second-order valence-corrected chi connectivity index (χ2v) is 4.64. The number of carbonyl (C=O) groups excluding carboxylic acids is 1. The second-order valence-electron chi connectivity index (χ2n) is 4.64. The molecule has 2 aromatic heterocycles. The molecular formula is C15H14N4O2. The molecule has 0 aliphatic rings. The van der Waals surface area contributed by atoms with E-state index < -0.39 is 0 Å². The number of rotatable bonds is 4. The average molecular weight is 282 g/mol. The van der Waals surface area contributed by atoms with E-state index in [1.165, 1.54) is 0 Å². The highest BCUT2D eigenvalue weighted by atomic mass is 16.1. The summed E-state index contributed by atoms with van der Waals surface area (Å²) in [5.41, 5.74) is 1.95. The minimum atomic E-state index is -0.360. The van der Waals surface area contributed by atoms with Crippen LogP contribution in [0.3, 0.4) is 0 Å². The maximum atomic E-state index is 12.5. The van der Waals surface area contributed by atoms with E-state index in [2.05, 4.69) is 15.0 Å². The SMILES string of the molecule is CCc1[nH]c(=O)[nH]c1C(=O)c1cccc(-n2ccnc2)c1. The van der Waals surface area contributed by atoms with Crippen LogP contribution in [0, 0.1) is 0 Å². The molecule has 2 N–H and O–H groups in total. The van der Waals surface area contributed by atoms with Gasteiger partial charge >= 0.3 is 5.69 Å². The Bertz CT molecular complexity index is 827. The van der Waals surface area contributed by atoms with E-state index in [1.54, 1.807) is 36.9 Å². The number of imidazole rings is 2. The Labute approximate surface area is 120 Å². The summed E-state index contributed by atoms with van der Waals surface area (Å²) in [7, 11) is 0. The highest BCUT2D eigenvalue weighted by molar-refractivity contribution is 6.08. The van der Waals surface area contributed by atoms with Crippen molar-refractivity contribution >= 4 is 5.78 Å². The fourth-order valence-corrected chi connectivity index (χ4v) is 2.24. The van der Waals surface area contributed by atoms with E-state index in [1.807, 2.05) is 17.6 Å². The Morgan fingerprint density at radius 1 is 1.33 bits per heavy atom. The van der Waals surface area contributed by atoms with E-state index in [0.717, 1.165) is 5.69 Å². The molecule has 2 heterocycles. The zero-order chi connectivity index (χ0) is 14.8. The molecule has 0 atom stereocenters. The van der Waals surface area contributed by atoms with Crippen molar-refractivity contribution in [1.29, 1.82) is 0 Å². The average Bonchev–Trinajstić information content (AvgIpc) is 3.15. The third-order valence-corrected chi connectivity index (χ3v) is 3.30. The summed E-state index contributed by atoms with van der Waals surface area (Å²) in [5.74, 6) is -0.202. The molecule has 0 amide bonds. The van der Waals surface area contributed by atoms with Gasteiger partial charge in [0.25, 0.3) is 0 Å². The van der Waals surface area contributed by atoms with Gasteiger partial charge in [-0.2, -0.15) is 0 Å². The van der Waals surface area contributed by atoms with Crippen molar-refractivity contribution in [2.45, 2.75) is 13.3 Å². The number of carbonyl (C=O) groups is 1. The van der Waals surface area contributed by atoms with Gasteiger partial charge in [-0.05, 0) is 18.6 Å². The first-order valence-electron chi connectivity index (χ1n) is 6.63. The molecule has 0 saturated heterocycles. The summed E-state index contributed by atoms with van der Waals surface area (Å²) in [6, 6.07) is 7.19. The lowest BCUT2D eigenvalue weighted by molar-refractivity contribution is 0.103. The molecule has 21 heavy (non-hydrogen) atoms. The van der Waals surface area contributed by atoms with E-state index in [4.69, 9.17) is 0 Å². The summed E-state index contributed by atoms with van der Waals surface area (Å²) < 4.78 is 1.82. The Kier molecular flexibility index (Phi) is 3.27. The smallest absolute Gasteiger partial charge is 0.309 e. The predicted molar refractivity (Wildman–Crippen MR) is 77.8 cm³/mol. The number of aryl methyl sites for hydroxylation is 1. The number of hydrogen-bond donors (Lipinski definition) is 2. The molecule has 3 aromatic rings. The van der Waals surface area contributed by atoms with Crippen LogP contribution in [0.15, 0.2) is 47.8 Å². The molecule has 6 nitrogen and oxygen atoms in total. The van der Waals surface area contributed by atoms with Crippen molar-refractivity contribution in [1.82, 2.24) is 19.5 Å². The summed E-state index contributed by atoms with van der Waals surface area (Å²) in [6.45, 7) is 1.89. The van der Waals surface area contributed by atoms with E-state index in [0.29, 0.717) is 23.4 Å². The largest absolute Gasteiger partial charge is 0.323 e. The minimum Gasteiger partial charge on any atom is -0.309 e. The Balaban J connectivity index is 2.02. The molecule has 0 radical (unpaired) electrons. The maximum absolute atomic E-state index is 12.5. The van der Waals surface area contributed by atoms with Gasteiger partial charge in [-0.1, -0.05) is 19.1 Å². The van der Waals surface area contributed by atoms with Crippen LogP contribution in [0.4, 0.5) is 0 Å². The van der Waals surface area contributed by atoms with Crippen molar-refractivity contribution in [2.24, 2.45) is 0 Å². The summed E-state index contributed by atoms with van der Waals surface area (Å²) in [4.78, 5) is 33.1. The zero-order valence-corrected chi connectivity index (χ0v) is 11.5. The molecule has 106 valence electrons. The molecule has 0 unspecified atom stereocenters. The molecular weight excluding hydrogens is 268 g/mol. The normalized spacial score (nSPS) is 10.7. The van der Waals surface area contributed by atoms with Crippen LogP contribution in [0.5, 0.6) is 0 Å². The van der Waals surface area contributed by atoms with Crippen LogP contribution in [0.2, 0.25) is 0 Å². The van der Waals surface area contributed by atoms with E-state index >= 15 is 0 Å². The third kappa shape index (κ3) is 2.43. The fourth-order valence-electron chi connectivity index (χ4n) is 2.24. The van der Waals surface area contributed by atoms with Crippen LogP contribution < -0.4 is 5.69 Å². The molecule has 6 heteroatoms. The lowest BCUT2D eigenvalue weighted by Crippen LogP contribution is -2.07. The third-order valence-electron chi connectivity index (χ3n) is 3.30. The number of ketones is 1. The van der Waals surface area contributed by atoms with Crippen LogP contribution >= 0.6 is 0 Å². The van der Waals surface area contributed by atoms with Crippen LogP contribution in [0.1, 0.15) is 28.7 Å². The summed E-state index contributed by atoms with van der Waals surface area (Å²) in [6.07, 6.45) is 5.73. The van der Waals surface area contributed by atoms with Gasteiger partial charge in [-0.3, -0.25) is 4.79 Å². The van der Waals surface area contributed by atoms with Crippen LogP contribution in [0.25, 0.3) is 5.69 Å². The topological polar surface area (TPSA) is 83.5 Å². The lowest BCUT2D eigenvalue weighted by atomic mass is 10.1. The number of benzene rings is 1. The molecule has 0 saturated carbocycles. The fraction of sp³-hybridized carbons (Fsp3) is 0.133. The highest BCUT2D eigenvalue weighted by Crippen LogP contribution is 2.15. The van der Waals surface area contributed by atoms with Gasteiger partial charge in [0.15, 0.2) is 0 Å². The van der Waals surface area contributed by atoms with Gasteiger partial charge in [0.05, 0.1) is 6.33 Å². The molecule has 0 bridgehead atoms.